The molecule has 2 rings (SSSR count). The van der Waals surface area contributed by atoms with Crippen LogP contribution >= 0.6 is 23.5 Å². The Balaban J connectivity index is 2.05. The molecular weight excluding hydrogens is 479 g/mol. The molecule has 0 amide bonds. The largest absolute Gasteiger partial charge is 0.490 e. The lowest BCUT2D eigenvalue weighted by Crippen LogP contribution is -2.29. The van der Waals surface area contributed by atoms with Crippen molar-refractivity contribution in [2.24, 2.45) is 0 Å². The number of phosphoric acid groups is 3. The topological polar surface area (TPSA) is 267 Å². The van der Waals surface area contributed by atoms with Crippen molar-refractivity contribution in [2.75, 3.05) is 12.3 Å². The summed E-state index contributed by atoms with van der Waals surface area (Å²) < 4.78 is 51.1. The minimum absolute atomic E-state index is 0.135. The van der Waals surface area contributed by atoms with Gasteiger partial charge in [0.2, 0.25) is 0 Å². The molecule has 2 heterocycles. The number of hydrogen-bond acceptors (Lipinski definition) is 12. The zero-order valence-electron chi connectivity index (χ0n) is 14.5. The molecule has 0 aromatic carbocycles. The quantitative estimate of drug-likeness (QED) is 0.170. The van der Waals surface area contributed by atoms with Crippen molar-refractivity contribution in [1.29, 1.82) is 0 Å². The number of aromatic nitrogens is 2. The maximum atomic E-state index is 11.9. The fraction of sp³-hybridized carbons (Fsp3) is 0.500. The predicted octanol–water partition coefficient (Wildman–Crippen LogP) is -1.37. The highest BCUT2D eigenvalue weighted by Crippen LogP contribution is 2.66. The van der Waals surface area contributed by atoms with Gasteiger partial charge in [-0.2, -0.15) is 13.6 Å². The van der Waals surface area contributed by atoms with Crippen LogP contribution in [0.1, 0.15) is 23.0 Å². The molecular formula is C10H16N3O14P3. The van der Waals surface area contributed by atoms with E-state index in [0.29, 0.717) is 6.29 Å². The molecule has 17 nitrogen and oxygen atoms in total. The van der Waals surface area contributed by atoms with Crippen LogP contribution in [-0.2, 0) is 31.6 Å². The van der Waals surface area contributed by atoms with Gasteiger partial charge in [0.05, 0.1) is 18.3 Å². The molecule has 1 aliphatic rings. The first-order chi connectivity index (χ1) is 13.6. The number of aldehydes is 1. The number of aliphatic hydroxyl groups excluding tert-OH is 1. The Kier molecular flexibility index (Phi) is 7.52. The summed E-state index contributed by atoms with van der Waals surface area (Å²) in [5, 5.41) is 10.00. The van der Waals surface area contributed by atoms with Crippen LogP contribution in [0.2, 0.25) is 0 Å². The molecule has 30 heavy (non-hydrogen) atoms. The lowest BCUT2D eigenvalue weighted by atomic mass is 10.2. The highest BCUT2D eigenvalue weighted by Gasteiger charge is 2.43. The normalized spacial score (nSPS) is 26.1. The third kappa shape index (κ3) is 6.85. The SMILES string of the molecule is Nc1nc(=O)n([C@H]2C[C@@H](O)C(COP(=O)(O)OP(=O)(O)OP(=O)(O)O)O2)cc1C=O. The van der Waals surface area contributed by atoms with Gasteiger partial charge >= 0.3 is 29.2 Å². The first-order valence-corrected chi connectivity index (χ1v) is 12.1. The predicted molar refractivity (Wildman–Crippen MR) is 92.6 cm³/mol. The molecule has 5 atom stereocenters. The van der Waals surface area contributed by atoms with Crippen molar-refractivity contribution < 1.29 is 61.1 Å². The van der Waals surface area contributed by atoms with Crippen molar-refractivity contribution in [3.63, 3.8) is 0 Å². The molecule has 0 bridgehead atoms. The number of aliphatic hydroxyl groups is 1. The van der Waals surface area contributed by atoms with Gasteiger partial charge in [0.1, 0.15) is 18.1 Å². The molecule has 20 heteroatoms. The number of carbonyl (C=O) groups excluding carboxylic acids is 1. The van der Waals surface area contributed by atoms with Crippen LogP contribution < -0.4 is 11.4 Å². The van der Waals surface area contributed by atoms with E-state index in [9.17, 15) is 33.3 Å². The number of rotatable bonds is 9. The van der Waals surface area contributed by atoms with Gasteiger partial charge in [-0.15, -0.1) is 0 Å². The number of nitrogen functional groups attached to an aromatic ring is 1. The van der Waals surface area contributed by atoms with E-state index in [1.165, 1.54) is 0 Å². The second-order valence-corrected chi connectivity index (χ2v) is 10.1. The molecule has 0 radical (unpaired) electrons. The van der Waals surface area contributed by atoms with Crippen molar-refractivity contribution >= 4 is 35.6 Å². The van der Waals surface area contributed by atoms with Gasteiger partial charge in [0, 0.05) is 12.6 Å². The van der Waals surface area contributed by atoms with E-state index in [2.05, 4.69) is 18.1 Å². The summed E-state index contributed by atoms with van der Waals surface area (Å²) in [5.74, 6) is -0.325. The van der Waals surface area contributed by atoms with E-state index < -0.39 is 54.2 Å². The number of nitrogens with zero attached hydrogens (tertiary/aromatic N) is 2. The average molecular weight is 495 g/mol. The molecule has 7 N–H and O–H groups in total. The molecule has 0 spiro atoms. The fourth-order valence-electron chi connectivity index (χ4n) is 2.30. The number of hydrogen-bond donors (Lipinski definition) is 6. The maximum Gasteiger partial charge on any atom is 0.490 e. The summed E-state index contributed by atoms with van der Waals surface area (Å²) in [6, 6.07) is 0. The molecule has 0 saturated carbocycles. The molecule has 1 saturated heterocycles. The number of anilines is 1. The van der Waals surface area contributed by atoms with Gasteiger partial charge in [-0.25, -0.2) is 18.5 Å². The summed E-state index contributed by atoms with van der Waals surface area (Å²) in [6.07, 6.45) is -2.78. The first-order valence-electron chi connectivity index (χ1n) is 7.58. The van der Waals surface area contributed by atoms with Gasteiger partial charge < -0.3 is 35.2 Å². The molecule has 1 aromatic rings. The summed E-state index contributed by atoms with van der Waals surface area (Å²) in [4.78, 5) is 61.6. The van der Waals surface area contributed by atoms with Crippen LogP contribution in [0.3, 0.4) is 0 Å². The van der Waals surface area contributed by atoms with Crippen LogP contribution in [-0.4, -0.2) is 59.3 Å². The van der Waals surface area contributed by atoms with E-state index in [0.717, 1.165) is 10.8 Å². The van der Waals surface area contributed by atoms with Crippen LogP contribution in [0.15, 0.2) is 11.0 Å². The van der Waals surface area contributed by atoms with E-state index in [4.69, 9.17) is 25.2 Å². The standard InChI is InChI=1S/C10H16N3O14P3/c11-9-5(3-14)2-13(10(16)12-9)8-1-6(15)7(25-8)4-24-29(20,21)27-30(22,23)26-28(17,18)19/h2-3,6-8,15H,1,4H2,(H,20,21)(H,22,23)(H2,11,12,16)(H2,17,18,19)/t6-,7?,8-/m1/s1. The Morgan fingerprint density at radius 3 is 2.43 bits per heavy atom. The average Bonchev–Trinajstić information content (AvgIpc) is 2.90. The van der Waals surface area contributed by atoms with Crippen molar-refractivity contribution in [1.82, 2.24) is 9.55 Å². The van der Waals surface area contributed by atoms with Gasteiger partial charge in [0.15, 0.2) is 6.29 Å². The Labute approximate surface area is 166 Å². The molecule has 170 valence electrons. The Morgan fingerprint density at radius 2 is 1.87 bits per heavy atom. The summed E-state index contributed by atoms with van der Waals surface area (Å²) in [5.41, 5.74) is 4.35. The first kappa shape index (κ1) is 24.9. The smallest absolute Gasteiger partial charge is 0.390 e. The summed E-state index contributed by atoms with van der Waals surface area (Å²) >= 11 is 0. The highest BCUT2D eigenvalue weighted by atomic mass is 31.3. The molecule has 1 fully saturated rings. The fourth-order valence-corrected chi connectivity index (χ4v) is 5.33. The van der Waals surface area contributed by atoms with Crippen LogP contribution in [0, 0.1) is 0 Å². The zero-order chi connectivity index (χ0) is 22.9. The zero-order valence-corrected chi connectivity index (χ0v) is 17.2. The second-order valence-electron chi connectivity index (χ2n) is 5.71. The second kappa shape index (κ2) is 9.04. The molecule has 0 aliphatic carbocycles. The third-order valence-corrected chi connectivity index (χ3v) is 7.27. The lowest BCUT2D eigenvalue weighted by Gasteiger charge is -2.19. The number of nitrogens with two attached hydrogens (primary N) is 1. The highest BCUT2D eigenvalue weighted by molar-refractivity contribution is 7.66. The van der Waals surface area contributed by atoms with E-state index >= 15 is 0 Å². The Hall–Kier alpha value is -1.32. The van der Waals surface area contributed by atoms with Gasteiger partial charge in [-0.05, 0) is 0 Å². The summed E-state index contributed by atoms with van der Waals surface area (Å²) in [7, 11) is -16.7. The van der Waals surface area contributed by atoms with Crippen LogP contribution in [0.4, 0.5) is 5.82 Å². The number of phosphoric ester groups is 1. The van der Waals surface area contributed by atoms with Crippen LogP contribution in [0.25, 0.3) is 0 Å². The minimum atomic E-state index is -5.70. The minimum Gasteiger partial charge on any atom is -0.390 e. The number of carbonyl (C=O) groups is 1. The Morgan fingerprint density at radius 1 is 1.23 bits per heavy atom. The van der Waals surface area contributed by atoms with Gasteiger partial charge in [-0.3, -0.25) is 13.9 Å². The van der Waals surface area contributed by atoms with Crippen LogP contribution in [0.5, 0.6) is 0 Å². The number of ether oxygens (including phenoxy) is 1. The van der Waals surface area contributed by atoms with Crippen molar-refractivity contribution in [2.45, 2.75) is 24.9 Å². The van der Waals surface area contributed by atoms with Crippen molar-refractivity contribution in [3.05, 3.63) is 22.2 Å². The van der Waals surface area contributed by atoms with E-state index in [-0.39, 0.29) is 17.8 Å². The maximum absolute atomic E-state index is 11.9. The third-order valence-electron chi connectivity index (χ3n) is 3.47. The van der Waals surface area contributed by atoms with Gasteiger partial charge in [-0.1, -0.05) is 0 Å². The Bertz CT molecular complexity index is 1010. The monoisotopic (exact) mass is 495 g/mol. The molecule has 1 aliphatic heterocycles. The summed E-state index contributed by atoms with van der Waals surface area (Å²) in [6.45, 7) is -0.918. The lowest BCUT2D eigenvalue weighted by molar-refractivity contribution is -0.0449. The van der Waals surface area contributed by atoms with E-state index in [1.54, 1.807) is 0 Å². The molecule has 3 unspecified atom stereocenters. The molecule has 1 aromatic heterocycles. The van der Waals surface area contributed by atoms with Crippen molar-refractivity contribution in [3.8, 4) is 0 Å². The van der Waals surface area contributed by atoms with E-state index in [1.807, 2.05) is 0 Å². The van der Waals surface area contributed by atoms with Gasteiger partial charge in [0.25, 0.3) is 0 Å².